The summed E-state index contributed by atoms with van der Waals surface area (Å²) in [6, 6.07) is 3.25. The van der Waals surface area contributed by atoms with Crippen molar-refractivity contribution in [1.29, 1.82) is 0 Å². The molecule has 0 spiro atoms. The molecule has 0 atom stereocenters. The van der Waals surface area contributed by atoms with Crippen molar-refractivity contribution in [2.45, 2.75) is 51.7 Å². The molecule has 0 aromatic carbocycles. The molecule has 0 unspecified atom stereocenters. The quantitative estimate of drug-likeness (QED) is 0.269. The summed E-state index contributed by atoms with van der Waals surface area (Å²) in [5.74, 6) is 0. The molecule has 2 nitrogen and oxygen atoms in total. The lowest BCUT2D eigenvalue weighted by Crippen LogP contribution is -2.09. The molecule has 1 rings (SSSR count). The Kier molecular flexibility index (Phi) is 7.15. The van der Waals surface area contributed by atoms with E-state index in [-0.39, 0.29) is 8.80 Å². The summed E-state index contributed by atoms with van der Waals surface area (Å²) in [6.07, 6.45) is 4.62. The van der Waals surface area contributed by atoms with Crippen molar-refractivity contribution in [3.63, 3.8) is 0 Å². The van der Waals surface area contributed by atoms with Crippen LogP contribution in [-0.2, 0) is 0 Å². The van der Waals surface area contributed by atoms with Gasteiger partial charge in [0, 0.05) is 8.80 Å². The van der Waals surface area contributed by atoms with E-state index in [9.17, 15) is 0 Å². The first-order chi connectivity index (χ1) is 5.66. The lowest BCUT2D eigenvalue weighted by molar-refractivity contribution is 0.318. The Morgan fingerprint density at radius 3 is 1.75 bits per heavy atom. The Bertz CT molecular complexity index is 126. The molecule has 1 aliphatic heterocycles. The molecule has 0 bridgehead atoms. The van der Waals surface area contributed by atoms with E-state index in [2.05, 4.69) is 11.7 Å². The van der Waals surface area contributed by atoms with E-state index in [1.165, 1.54) is 6.42 Å². The fourth-order valence-corrected chi connectivity index (χ4v) is 3.57. The first-order valence-corrected chi connectivity index (χ1v) is 7.61. The molecule has 0 saturated carbocycles. The predicted octanol–water partition coefficient (Wildman–Crippen LogP) is 2.88. The average Bonchev–Trinajstić information content (AvgIpc) is 2.07. The van der Waals surface area contributed by atoms with Gasteiger partial charge in [0.2, 0.25) is 0 Å². The zero-order chi connectivity index (χ0) is 9.40. The highest BCUT2D eigenvalue weighted by atomic mass is 28.3. The van der Waals surface area contributed by atoms with Crippen LogP contribution in [0.15, 0.2) is 5.16 Å². The van der Waals surface area contributed by atoms with Crippen LogP contribution in [-0.4, -0.2) is 19.7 Å². The van der Waals surface area contributed by atoms with Gasteiger partial charge in [-0.2, -0.15) is 0 Å². The summed E-state index contributed by atoms with van der Waals surface area (Å²) in [6.45, 7) is 5.94. The molecular formula is C9H21NOSi. The monoisotopic (exact) mass is 187 g/mol. The maximum Gasteiger partial charge on any atom is 0.0509 e. The van der Waals surface area contributed by atoms with Gasteiger partial charge in [-0.3, -0.25) is 0 Å². The fraction of sp³-hybridized carbons (Fsp3) is 0.889. The van der Waals surface area contributed by atoms with Crippen molar-refractivity contribution in [2.24, 2.45) is 5.16 Å². The average molecular weight is 187 g/mol. The second-order valence-corrected chi connectivity index (χ2v) is 7.16. The Hall–Kier alpha value is -0.313. The third kappa shape index (κ3) is 7.79. The maximum absolute atomic E-state index is 7.73. The van der Waals surface area contributed by atoms with Crippen molar-refractivity contribution in [1.82, 2.24) is 0 Å². The fourth-order valence-electron chi connectivity index (χ4n) is 1.31. The highest BCUT2D eigenvalue weighted by Gasteiger charge is 2.07. The number of nitrogens with zero attached hydrogens (tertiary/aromatic N) is 1. The van der Waals surface area contributed by atoms with Gasteiger partial charge in [0.25, 0.3) is 0 Å². The Morgan fingerprint density at radius 1 is 1.17 bits per heavy atom. The first-order valence-electron chi connectivity index (χ1n) is 4.82. The normalized spacial score (nSPS) is 17.6. The van der Waals surface area contributed by atoms with E-state index in [0.717, 1.165) is 0 Å². The minimum Gasteiger partial charge on any atom is -0.411 e. The zero-order valence-corrected chi connectivity index (χ0v) is 9.66. The molecule has 0 aromatic rings. The van der Waals surface area contributed by atoms with E-state index in [1.807, 2.05) is 0 Å². The summed E-state index contributed by atoms with van der Waals surface area (Å²) in [5.41, 5.74) is 0.685. The van der Waals surface area contributed by atoms with E-state index < -0.39 is 0 Å². The van der Waals surface area contributed by atoms with E-state index in [1.54, 1.807) is 38.8 Å². The van der Waals surface area contributed by atoms with Crippen molar-refractivity contribution in [2.75, 3.05) is 0 Å². The highest BCUT2D eigenvalue weighted by Crippen LogP contribution is 2.17. The van der Waals surface area contributed by atoms with E-state index in [0.29, 0.717) is 5.71 Å². The van der Waals surface area contributed by atoms with Crippen LogP contribution in [0.4, 0.5) is 0 Å². The first kappa shape index (κ1) is 11.7. The van der Waals surface area contributed by atoms with Gasteiger partial charge in [-0.15, -0.1) is 0 Å². The molecule has 1 N–H and O–H groups in total. The minimum absolute atomic E-state index is 0.0945. The highest BCUT2D eigenvalue weighted by molar-refractivity contribution is 6.57. The van der Waals surface area contributed by atoms with Crippen LogP contribution in [0.25, 0.3) is 0 Å². The number of rotatable bonds is 0. The standard InChI is InChI=1S/C6H14Si.C3H7NO/c1-7-5-3-2-4-6-7;1-3(2)4-5/h7H,2-6H2,1H3;5H,1-2H3. The minimum atomic E-state index is -0.0945. The third-order valence-corrected chi connectivity index (χ3v) is 4.88. The third-order valence-electron chi connectivity index (χ3n) is 2.09. The molecule has 3 heteroatoms. The second-order valence-electron chi connectivity index (χ2n) is 3.79. The summed E-state index contributed by atoms with van der Waals surface area (Å²) >= 11 is 0. The smallest absolute Gasteiger partial charge is 0.0509 e. The van der Waals surface area contributed by atoms with Gasteiger partial charge in [-0.25, -0.2) is 0 Å². The number of hydrogen-bond donors (Lipinski definition) is 1. The van der Waals surface area contributed by atoms with Gasteiger partial charge in [-0.1, -0.05) is 43.1 Å². The van der Waals surface area contributed by atoms with E-state index in [4.69, 9.17) is 5.21 Å². The van der Waals surface area contributed by atoms with Crippen LogP contribution in [0.5, 0.6) is 0 Å². The van der Waals surface area contributed by atoms with Crippen LogP contribution < -0.4 is 0 Å². The summed E-state index contributed by atoms with van der Waals surface area (Å²) in [4.78, 5) is 0. The lowest BCUT2D eigenvalue weighted by Gasteiger charge is -2.14. The molecule has 0 radical (unpaired) electrons. The Morgan fingerprint density at radius 2 is 1.58 bits per heavy atom. The maximum atomic E-state index is 7.73. The van der Waals surface area contributed by atoms with Crippen LogP contribution in [0.3, 0.4) is 0 Å². The molecule has 1 heterocycles. The molecule has 72 valence electrons. The molecule has 1 saturated heterocycles. The largest absolute Gasteiger partial charge is 0.411 e. The summed E-state index contributed by atoms with van der Waals surface area (Å²) in [7, 11) is -0.0945. The van der Waals surface area contributed by atoms with Gasteiger partial charge in [0.05, 0.1) is 5.71 Å². The Labute approximate surface area is 77.3 Å². The Balaban J connectivity index is 0.000000217. The lowest BCUT2D eigenvalue weighted by atomic mass is 10.3. The number of oxime groups is 1. The summed E-state index contributed by atoms with van der Waals surface area (Å²) < 4.78 is 0. The SMILES string of the molecule is CC(C)=NO.C[SiH]1CCCCC1. The van der Waals surface area contributed by atoms with Gasteiger partial charge in [0.15, 0.2) is 0 Å². The molecule has 0 amide bonds. The molecule has 12 heavy (non-hydrogen) atoms. The topological polar surface area (TPSA) is 32.6 Å². The second kappa shape index (κ2) is 7.34. The molecule has 1 aliphatic rings. The van der Waals surface area contributed by atoms with Gasteiger partial charge in [0.1, 0.15) is 0 Å². The van der Waals surface area contributed by atoms with Crippen LogP contribution in [0.2, 0.25) is 18.6 Å². The van der Waals surface area contributed by atoms with Crippen LogP contribution in [0.1, 0.15) is 33.1 Å². The molecule has 0 aliphatic carbocycles. The molecule has 0 aromatic heterocycles. The van der Waals surface area contributed by atoms with Crippen molar-refractivity contribution in [3.8, 4) is 0 Å². The zero-order valence-electron chi connectivity index (χ0n) is 8.51. The number of hydrogen-bond acceptors (Lipinski definition) is 2. The molecule has 1 fully saturated rings. The van der Waals surface area contributed by atoms with Crippen molar-refractivity contribution in [3.05, 3.63) is 0 Å². The van der Waals surface area contributed by atoms with Gasteiger partial charge < -0.3 is 5.21 Å². The molecular weight excluding hydrogens is 166 g/mol. The van der Waals surface area contributed by atoms with E-state index >= 15 is 0 Å². The van der Waals surface area contributed by atoms with Gasteiger partial charge in [-0.05, 0) is 13.8 Å². The van der Waals surface area contributed by atoms with Crippen molar-refractivity contribution < 1.29 is 5.21 Å². The van der Waals surface area contributed by atoms with Gasteiger partial charge >= 0.3 is 0 Å². The summed E-state index contributed by atoms with van der Waals surface area (Å²) in [5, 5.41) is 10.5. The van der Waals surface area contributed by atoms with Crippen LogP contribution >= 0.6 is 0 Å². The predicted molar refractivity (Wildman–Crippen MR) is 57.0 cm³/mol. The van der Waals surface area contributed by atoms with Crippen LogP contribution in [0, 0.1) is 0 Å². The van der Waals surface area contributed by atoms with Crippen molar-refractivity contribution >= 4 is 14.5 Å².